The van der Waals surface area contributed by atoms with E-state index in [0.717, 1.165) is 42.1 Å². The lowest BCUT2D eigenvalue weighted by Crippen LogP contribution is -2.31. The van der Waals surface area contributed by atoms with Gasteiger partial charge in [-0.25, -0.2) is 0 Å². The SMILES string of the molecule is CCc1nn(C)c(CC2CC(C)CCC2C(=O)O)c1Cl. The molecule has 1 aliphatic rings. The molecule has 1 aromatic heterocycles. The molecule has 3 unspecified atom stereocenters. The van der Waals surface area contributed by atoms with Crippen molar-refractivity contribution in [1.82, 2.24) is 9.78 Å². The highest BCUT2D eigenvalue weighted by molar-refractivity contribution is 6.31. The summed E-state index contributed by atoms with van der Waals surface area (Å²) >= 11 is 6.38. The summed E-state index contributed by atoms with van der Waals surface area (Å²) in [6, 6.07) is 0. The average molecular weight is 299 g/mol. The normalized spacial score (nSPS) is 26.7. The third-order valence-electron chi connectivity index (χ3n) is 4.52. The van der Waals surface area contributed by atoms with Crippen LogP contribution in [0, 0.1) is 17.8 Å². The quantitative estimate of drug-likeness (QED) is 0.928. The first-order valence-corrected chi connectivity index (χ1v) is 7.74. The van der Waals surface area contributed by atoms with Crippen molar-refractivity contribution >= 4 is 17.6 Å². The number of halogens is 1. The van der Waals surface area contributed by atoms with Gasteiger partial charge in [0.1, 0.15) is 0 Å². The number of hydrogen-bond donors (Lipinski definition) is 1. The summed E-state index contributed by atoms with van der Waals surface area (Å²) in [5.74, 6) is -0.166. The number of carbonyl (C=O) groups is 1. The van der Waals surface area contributed by atoms with Gasteiger partial charge in [-0.05, 0) is 43.9 Å². The van der Waals surface area contributed by atoms with E-state index >= 15 is 0 Å². The van der Waals surface area contributed by atoms with Crippen molar-refractivity contribution in [3.8, 4) is 0 Å². The molecule has 112 valence electrons. The summed E-state index contributed by atoms with van der Waals surface area (Å²) in [6.45, 7) is 4.23. The van der Waals surface area contributed by atoms with Crippen molar-refractivity contribution in [3.63, 3.8) is 0 Å². The van der Waals surface area contributed by atoms with E-state index in [1.807, 2.05) is 18.7 Å². The molecular weight excluding hydrogens is 276 g/mol. The Morgan fingerprint density at radius 1 is 1.50 bits per heavy atom. The second kappa shape index (κ2) is 6.17. The van der Waals surface area contributed by atoms with Gasteiger partial charge < -0.3 is 5.11 Å². The topological polar surface area (TPSA) is 55.1 Å². The second-order valence-corrected chi connectivity index (χ2v) is 6.39. The zero-order valence-electron chi connectivity index (χ0n) is 12.4. The molecule has 0 radical (unpaired) electrons. The maximum atomic E-state index is 11.4. The van der Waals surface area contributed by atoms with Crippen molar-refractivity contribution in [3.05, 3.63) is 16.4 Å². The number of aliphatic carboxylic acids is 1. The van der Waals surface area contributed by atoms with Gasteiger partial charge in [0, 0.05) is 7.05 Å². The number of carboxylic acids is 1. The molecule has 1 heterocycles. The van der Waals surface area contributed by atoms with E-state index in [4.69, 9.17) is 11.6 Å². The molecule has 1 saturated carbocycles. The van der Waals surface area contributed by atoms with Crippen LogP contribution < -0.4 is 0 Å². The largest absolute Gasteiger partial charge is 0.481 e. The van der Waals surface area contributed by atoms with E-state index in [-0.39, 0.29) is 11.8 Å². The molecule has 0 saturated heterocycles. The molecule has 1 aliphatic carbocycles. The van der Waals surface area contributed by atoms with Crippen LogP contribution in [0.4, 0.5) is 0 Å². The van der Waals surface area contributed by atoms with Gasteiger partial charge in [-0.1, -0.05) is 25.4 Å². The standard InChI is InChI=1S/C15H23ClN2O2/c1-4-12-14(16)13(18(3)17-12)8-10-7-9(2)5-6-11(10)15(19)20/h9-11H,4-8H2,1-3H3,(H,19,20). The van der Waals surface area contributed by atoms with Crippen LogP contribution >= 0.6 is 11.6 Å². The molecule has 0 aromatic carbocycles. The molecule has 1 fully saturated rings. The fraction of sp³-hybridized carbons (Fsp3) is 0.733. The molecule has 0 spiro atoms. The van der Waals surface area contributed by atoms with Gasteiger partial charge >= 0.3 is 5.97 Å². The zero-order chi connectivity index (χ0) is 14.9. The summed E-state index contributed by atoms with van der Waals surface area (Å²) in [5, 5.41) is 14.5. The Morgan fingerprint density at radius 2 is 2.20 bits per heavy atom. The van der Waals surface area contributed by atoms with Crippen LogP contribution in [-0.2, 0) is 24.7 Å². The molecule has 2 rings (SSSR count). The Balaban J connectivity index is 2.22. The van der Waals surface area contributed by atoms with Crippen LogP contribution in [0.15, 0.2) is 0 Å². The Hall–Kier alpha value is -1.03. The number of nitrogens with zero attached hydrogens (tertiary/aromatic N) is 2. The predicted molar refractivity (Wildman–Crippen MR) is 78.9 cm³/mol. The van der Waals surface area contributed by atoms with E-state index in [1.54, 1.807) is 0 Å². The average Bonchev–Trinajstić information content (AvgIpc) is 2.66. The fourth-order valence-electron chi connectivity index (χ4n) is 3.34. The molecule has 3 atom stereocenters. The minimum Gasteiger partial charge on any atom is -0.481 e. The third-order valence-corrected chi connectivity index (χ3v) is 4.96. The van der Waals surface area contributed by atoms with E-state index in [0.29, 0.717) is 12.3 Å². The van der Waals surface area contributed by atoms with Crippen LogP contribution in [0.3, 0.4) is 0 Å². The summed E-state index contributed by atoms with van der Waals surface area (Å²) in [6.07, 6.45) is 4.25. The van der Waals surface area contributed by atoms with Gasteiger partial charge in [-0.2, -0.15) is 5.10 Å². The van der Waals surface area contributed by atoms with Crippen LogP contribution in [0.2, 0.25) is 5.02 Å². The molecule has 20 heavy (non-hydrogen) atoms. The van der Waals surface area contributed by atoms with Gasteiger partial charge in [-0.15, -0.1) is 0 Å². The Bertz CT molecular complexity index is 498. The van der Waals surface area contributed by atoms with Crippen molar-refractivity contribution in [2.75, 3.05) is 0 Å². The molecule has 0 aliphatic heterocycles. The molecule has 0 bridgehead atoms. The van der Waals surface area contributed by atoms with Crippen molar-refractivity contribution in [2.45, 2.75) is 46.0 Å². The summed E-state index contributed by atoms with van der Waals surface area (Å²) in [7, 11) is 1.89. The molecule has 1 N–H and O–H groups in total. The van der Waals surface area contributed by atoms with E-state index in [1.165, 1.54) is 0 Å². The number of carboxylic acid groups (broad SMARTS) is 1. The van der Waals surface area contributed by atoms with E-state index in [9.17, 15) is 9.90 Å². The second-order valence-electron chi connectivity index (χ2n) is 6.01. The van der Waals surface area contributed by atoms with Crippen LogP contribution in [0.5, 0.6) is 0 Å². The van der Waals surface area contributed by atoms with Gasteiger partial charge in [0.05, 0.1) is 22.3 Å². The predicted octanol–water partition coefficient (Wildman–Crippen LogP) is 3.32. The van der Waals surface area contributed by atoms with Crippen molar-refractivity contribution in [2.24, 2.45) is 24.8 Å². The Kier molecular flexibility index (Phi) is 4.74. The highest BCUT2D eigenvalue weighted by Crippen LogP contribution is 2.37. The molecular formula is C15H23ClN2O2. The Labute approximate surface area is 125 Å². The first kappa shape index (κ1) is 15.4. The molecule has 4 nitrogen and oxygen atoms in total. The van der Waals surface area contributed by atoms with Gasteiger partial charge in [0.15, 0.2) is 0 Å². The Morgan fingerprint density at radius 3 is 2.75 bits per heavy atom. The summed E-state index contributed by atoms with van der Waals surface area (Å²) < 4.78 is 1.82. The first-order chi connectivity index (χ1) is 9.43. The lowest BCUT2D eigenvalue weighted by Gasteiger charge is -2.32. The highest BCUT2D eigenvalue weighted by Gasteiger charge is 2.34. The van der Waals surface area contributed by atoms with Crippen LogP contribution in [0.25, 0.3) is 0 Å². The minimum absolute atomic E-state index is 0.161. The number of hydrogen-bond acceptors (Lipinski definition) is 2. The monoisotopic (exact) mass is 298 g/mol. The van der Waals surface area contributed by atoms with Gasteiger partial charge in [0.2, 0.25) is 0 Å². The maximum absolute atomic E-state index is 11.4. The lowest BCUT2D eigenvalue weighted by atomic mass is 9.73. The maximum Gasteiger partial charge on any atom is 0.306 e. The smallest absolute Gasteiger partial charge is 0.306 e. The first-order valence-electron chi connectivity index (χ1n) is 7.37. The molecule has 0 amide bonds. The fourth-order valence-corrected chi connectivity index (χ4v) is 3.71. The number of aryl methyl sites for hydroxylation is 2. The van der Waals surface area contributed by atoms with Crippen LogP contribution in [0.1, 0.15) is 44.5 Å². The number of rotatable bonds is 4. The van der Waals surface area contributed by atoms with Gasteiger partial charge in [-0.3, -0.25) is 9.48 Å². The molecule has 1 aromatic rings. The van der Waals surface area contributed by atoms with Crippen LogP contribution in [-0.4, -0.2) is 20.9 Å². The van der Waals surface area contributed by atoms with Crippen molar-refractivity contribution < 1.29 is 9.90 Å². The highest BCUT2D eigenvalue weighted by atomic mass is 35.5. The minimum atomic E-state index is -0.670. The summed E-state index contributed by atoms with van der Waals surface area (Å²) in [4.78, 5) is 11.4. The lowest BCUT2D eigenvalue weighted by molar-refractivity contribution is -0.145. The zero-order valence-corrected chi connectivity index (χ0v) is 13.2. The summed E-state index contributed by atoms with van der Waals surface area (Å²) in [5.41, 5.74) is 1.88. The van der Waals surface area contributed by atoms with E-state index in [2.05, 4.69) is 12.0 Å². The van der Waals surface area contributed by atoms with Crippen molar-refractivity contribution in [1.29, 1.82) is 0 Å². The number of aromatic nitrogens is 2. The van der Waals surface area contributed by atoms with E-state index < -0.39 is 5.97 Å². The van der Waals surface area contributed by atoms with Gasteiger partial charge in [0.25, 0.3) is 0 Å². The third kappa shape index (κ3) is 3.00. The molecule has 5 heteroatoms.